The van der Waals surface area contributed by atoms with Crippen molar-refractivity contribution >= 4 is 11.6 Å². The van der Waals surface area contributed by atoms with Crippen molar-refractivity contribution in [2.75, 3.05) is 7.11 Å². The van der Waals surface area contributed by atoms with E-state index in [1.165, 1.54) is 6.42 Å². The second-order valence-corrected chi connectivity index (χ2v) is 4.41. The van der Waals surface area contributed by atoms with Crippen LogP contribution in [0.1, 0.15) is 24.8 Å². The number of hydrogen-bond donors (Lipinski definition) is 1. The molecule has 2 rings (SSSR count). The summed E-state index contributed by atoms with van der Waals surface area (Å²) in [6.07, 6.45) is 3.75. The van der Waals surface area contributed by atoms with Crippen LogP contribution in [0.25, 0.3) is 0 Å². The molecule has 0 unspecified atom stereocenters. The Morgan fingerprint density at radius 2 is 2.19 bits per heavy atom. The molecule has 4 heteroatoms. The normalized spacial score (nSPS) is 15.7. The van der Waals surface area contributed by atoms with Gasteiger partial charge in [-0.05, 0) is 25.3 Å². The summed E-state index contributed by atoms with van der Waals surface area (Å²) >= 11 is 5.97. The second kappa shape index (κ2) is 4.93. The van der Waals surface area contributed by atoms with Crippen LogP contribution in [0.15, 0.2) is 12.1 Å². The summed E-state index contributed by atoms with van der Waals surface area (Å²) in [7, 11) is 1.61. The summed E-state index contributed by atoms with van der Waals surface area (Å²) in [6.45, 7) is 0.402. The average Bonchev–Trinajstić information content (AvgIpc) is 2.23. The van der Waals surface area contributed by atoms with Gasteiger partial charge in [0.05, 0.1) is 13.2 Å². The molecule has 0 aliphatic heterocycles. The lowest BCUT2D eigenvalue weighted by Crippen LogP contribution is -2.25. The quantitative estimate of drug-likeness (QED) is 0.882. The number of methoxy groups -OCH3 is 1. The Morgan fingerprint density at radius 1 is 1.44 bits per heavy atom. The van der Waals surface area contributed by atoms with E-state index >= 15 is 0 Å². The Labute approximate surface area is 100 Å². The van der Waals surface area contributed by atoms with Crippen LogP contribution in [0.2, 0.25) is 5.02 Å². The lowest BCUT2D eigenvalue weighted by atomic mass is 9.96. The van der Waals surface area contributed by atoms with Gasteiger partial charge in [0.25, 0.3) is 0 Å². The van der Waals surface area contributed by atoms with Crippen molar-refractivity contribution in [1.82, 2.24) is 0 Å². The topological polar surface area (TPSA) is 44.5 Å². The standard InChI is InChI=1S/C12H16ClNO2/c1-15-11-6-9(13)5-8(7-14)12(11)16-10-3-2-4-10/h5-6,10H,2-4,7,14H2,1H3. The summed E-state index contributed by atoms with van der Waals surface area (Å²) in [5.74, 6) is 1.42. The minimum Gasteiger partial charge on any atom is -0.493 e. The minimum atomic E-state index is 0.306. The van der Waals surface area contributed by atoms with E-state index < -0.39 is 0 Å². The van der Waals surface area contributed by atoms with E-state index in [1.807, 2.05) is 6.07 Å². The van der Waals surface area contributed by atoms with Crippen LogP contribution in [0.5, 0.6) is 11.5 Å². The van der Waals surface area contributed by atoms with Gasteiger partial charge in [-0.1, -0.05) is 11.6 Å². The number of ether oxygens (including phenoxy) is 2. The van der Waals surface area contributed by atoms with E-state index in [2.05, 4.69) is 0 Å². The maximum atomic E-state index is 5.97. The van der Waals surface area contributed by atoms with Crippen molar-refractivity contribution in [3.63, 3.8) is 0 Å². The molecule has 0 heterocycles. The summed E-state index contributed by atoms with van der Waals surface area (Å²) in [6, 6.07) is 3.59. The first-order chi connectivity index (χ1) is 7.74. The van der Waals surface area contributed by atoms with Gasteiger partial charge >= 0.3 is 0 Å². The molecular weight excluding hydrogens is 226 g/mol. The lowest BCUT2D eigenvalue weighted by Gasteiger charge is -2.28. The fourth-order valence-electron chi connectivity index (χ4n) is 1.72. The number of nitrogens with two attached hydrogens (primary N) is 1. The number of benzene rings is 1. The summed E-state index contributed by atoms with van der Waals surface area (Å²) in [5.41, 5.74) is 6.58. The van der Waals surface area contributed by atoms with Crippen LogP contribution >= 0.6 is 11.6 Å². The molecule has 0 saturated heterocycles. The van der Waals surface area contributed by atoms with E-state index in [9.17, 15) is 0 Å². The first-order valence-electron chi connectivity index (χ1n) is 5.47. The van der Waals surface area contributed by atoms with Gasteiger partial charge in [0.2, 0.25) is 0 Å². The van der Waals surface area contributed by atoms with Gasteiger partial charge in [0.15, 0.2) is 11.5 Å². The molecule has 1 aromatic carbocycles. The van der Waals surface area contributed by atoms with E-state index in [-0.39, 0.29) is 0 Å². The fourth-order valence-corrected chi connectivity index (χ4v) is 1.95. The Kier molecular flexibility index (Phi) is 3.56. The predicted octanol–water partition coefficient (Wildman–Crippen LogP) is 2.74. The summed E-state index contributed by atoms with van der Waals surface area (Å²) in [5, 5.41) is 0.623. The molecule has 0 amide bonds. The van der Waals surface area contributed by atoms with E-state index in [1.54, 1.807) is 13.2 Å². The summed E-state index contributed by atoms with van der Waals surface area (Å²) in [4.78, 5) is 0. The maximum absolute atomic E-state index is 5.97. The molecule has 0 bridgehead atoms. The Morgan fingerprint density at radius 3 is 2.69 bits per heavy atom. The molecule has 16 heavy (non-hydrogen) atoms. The van der Waals surface area contributed by atoms with E-state index in [4.69, 9.17) is 26.8 Å². The highest BCUT2D eigenvalue weighted by Crippen LogP contribution is 2.37. The highest BCUT2D eigenvalue weighted by Gasteiger charge is 2.22. The molecular formula is C12H16ClNO2. The molecule has 1 aliphatic carbocycles. The smallest absolute Gasteiger partial charge is 0.166 e. The second-order valence-electron chi connectivity index (χ2n) is 3.97. The van der Waals surface area contributed by atoms with Crippen molar-refractivity contribution in [3.05, 3.63) is 22.7 Å². The molecule has 0 spiro atoms. The average molecular weight is 242 g/mol. The first kappa shape index (κ1) is 11.6. The number of rotatable bonds is 4. The third-order valence-electron chi connectivity index (χ3n) is 2.87. The highest BCUT2D eigenvalue weighted by atomic mass is 35.5. The van der Waals surface area contributed by atoms with Gasteiger partial charge in [-0.25, -0.2) is 0 Å². The Balaban J connectivity index is 2.30. The zero-order valence-corrected chi connectivity index (χ0v) is 10.1. The van der Waals surface area contributed by atoms with Crippen molar-refractivity contribution in [1.29, 1.82) is 0 Å². The SMILES string of the molecule is COc1cc(Cl)cc(CN)c1OC1CCC1. The molecule has 0 radical (unpaired) electrons. The van der Waals surface area contributed by atoms with Gasteiger partial charge in [-0.3, -0.25) is 0 Å². The van der Waals surface area contributed by atoms with Gasteiger partial charge < -0.3 is 15.2 Å². The largest absolute Gasteiger partial charge is 0.493 e. The van der Waals surface area contributed by atoms with Gasteiger partial charge in [-0.15, -0.1) is 0 Å². The number of hydrogen-bond acceptors (Lipinski definition) is 3. The minimum absolute atomic E-state index is 0.306. The third-order valence-corrected chi connectivity index (χ3v) is 3.09. The molecule has 0 aromatic heterocycles. The first-order valence-corrected chi connectivity index (χ1v) is 5.85. The molecule has 2 N–H and O–H groups in total. The molecule has 1 fully saturated rings. The van der Waals surface area contributed by atoms with Crippen LogP contribution in [-0.4, -0.2) is 13.2 Å². The molecule has 1 aliphatic rings. The third kappa shape index (κ3) is 2.25. The highest BCUT2D eigenvalue weighted by molar-refractivity contribution is 6.30. The van der Waals surface area contributed by atoms with Gasteiger partial charge in [0, 0.05) is 23.2 Å². The Hall–Kier alpha value is -0.930. The molecule has 1 aromatic rings. The fraction of sp³-hybridized carbons (Fsp3) is 0.500. The van der Waals surface area contributed by atoms with Crippen LogP contribution in [-0.2, 0) is 6.54 Å². The van der Waals surface area contributed by atoms with Gasteiger partial charge in [-0.2, -0.15) is 0 Å². The molecule has 0 atom stereocenters. The van der Waals surface area contributed by atoms with Gasteiger partial charge in [0.1, 0.15) is 0 Å². The lowest BCUT2D eigenvalue weighted by molar-refractivity contribution is 0.115. The van der Waals surface area contributed by atoms with Crippen LogP contribution in [0, 0.1) is 0 Å². The zero-order chi connectivity index (χ0) is 11.5. The van der Waals surface area contributed by atoms with Crippen LogP contribution in [0.4, 0.5) is 0 Å². The predicted molar refractivity (Wildman–Crippen MR) is 64.2 cm³/mol. The van der Waals surface area contributed by atoms with Crippen molar-refractivity contribution in [3.8, 4) is 11.5 Å². The number of halogens is 1. The molecule has 1 saturated carbocycles. The van der Waals surface area contributed by atoms with Crippen LogP contribution < -0.4 is 15.2 Å². The summed E-state index contributed by atoms with van der Waals surface area (Å²) < 4.78 is 11.2. The van der Waals surface area contributed by atoms with E-state index in [0.29, 0.717) is 23.4 Å². The monoisotopic (exact) mass is 241 g/mol. The Bertz CT molecular complexity index is 352. The van der Waals surface area contributed by atoms with E-state index in [0.717, 1.165) is 24.2 Å². The zero-order valence-electron chi connectivity index (χ0n) is 9.33. The van der Waals surface area contributed by atoms with Crippen molar-refractivity contribution in [2.24, 2.45) is 5.73 Å². The van der Waals surface area contributed by atoms with Crippen molar-refractivity contribution < 1.29 is 9.47 Å². The van der Waals surface area contributed by atoms with Crippen molar-refractivity contribution in [2.45, 2.75) is 31.9 Å². The maximum Gasteiger partial charge on any atom is 0.166 e. The van der Waals surface area contributed by atoms with Crippen LogP contribution in [0.3, 0.4) is 0 Å². The molecule has 3 nitrogen and oxygen atoms in total. The molecule has 88 valence electrons.